The zero-order valence-electron chi connectivity index (χ0n) is 36.9. The Morgan fingerprint density at radius 1 is 0.785 bits per heavy atom. The van der Waals surface area contributed by atoms with Gasteiger partial charge < -0.3 is 49.0 Å². The van der Waals surface area contributed by atoms with Crippen molar-refractivity contribution in [1.82, 2.24) is 49.9 Å². The molecular formula is C46H51FN10O8. The molecule has 0 aliphatic carbocycles. The first kappa shape index (κ1) is 43.1. The Morgan fingerprint density at radius 3 is 1.91 bits per heavy atom. The number of H-pyrrole nitrogens is 2. The van der Waals surface area contributed by atoms with Crippen molar-refractivity contribution in [1.29, 1.82) is 0 Å². The third kappa shape index (κ3) is 7.92. The fourth-order valence-corrected chi connectivity index (χ4v) is 9.32. The lowest BCUT2D eigenvalue weighted by molar-refractivity contribution is -0.136. The summed E-state index contributed by atoms with van der Waals surface area (Å²) < 4.78 is 40.5. The minimum atomic E-state index is -0.825. The summed E-state index contributed by atoms with van der Waals surface area (Å²) in [5.74, 6) is 0.600. The van der Waals surface area contributed by atoms with Crippen molar-refractivity contribution in [3.8, 4) is 39.5 Å². The van der Waals surface area contributed by atoms with E-state index in [2.05, 4.69) is 30.6 Å². The van der Waals surface area contributed by atoms with E-state index in [9.17, 15) is 19.2 Å². The normalized spacial score (nSPS) is 18.9. The Kier molecular flexibility index (Phi) is 11.5. The molecule has 65 heavy (non-hydrogen) atoms. The highest BCUT2D eigenvalue weighted by Gasteiger charge is 2.40. The quantitative estimate of drug-likeness (QED) is 0.102. The number of aromatic nitrogens is 6. The largest absolute Gasteiger partial charge is 0.462 e. The van der Waals surface area contributed by atoms with Gasteiger partial charge in [-0.3, -0.25) is 14.2 Å². The zero-order valence-corrected chi connectivity index (χ0v) is 36.9. The highest BCUT2D eigenvalue weighted by Crippen LogP contribution is 2.47. The molecule has 3 aliphatic heterocycles. The number of oxazole rings is 1. The predicted molar refractivity (Wildman–Crippen MR) is 233 cm³/mol. The molecule has 4 amide bonds. The molecule has 19 heteroatoms. The van der Waals surface area contributed by atoms with E-state index in [4.69, 9.17) is 23.6 Å². The summed E-state index contributed by atoms with van der Waals surface area (Å²) in [6.45, 7) is 8.49. The van der Waals surface area contributed by atoms with Crippen molar-refractivity contribution in [3.63, 3.8) is 0 Å². The van der Waals surface area contributed by atoms with Gasteiger partial charge in [0.1, 0.15) is 35.3 Å². The van der Waals surface area contributed by atoms with Crippen LogP contribution in [-0.2, 0) is 19.1 Å². The number of likely N-dealkylation sites (tertiary alicyclic amines) is 2. The number of alkyl carbamates (subject to hydrolysis) is 2. The maximum absolute atomic E-state index is 16.7. The summed E-state index contributed by atoms with van der Waals surface area (Å²) in [5.41, 5.74) is 4.19. The number of hydrogen-bond donors (Lipinski definition) is 4. The molecule has 4 aromatic heterocycles. The number of rotatable bonds is 11. The van der Waals surface area contributed by atoms with Crippen LogP contribution in [0.5, 0.6) is 5.75 Å². The molecule has 2 fully saturated rings. The molecule has 4 N–H and O–H groups in total. The number of hydrogen-bond acceptors (Lipinski definition) is 11. The third-order valence-electron chi connectivity index (χ3n) is 12.6. The molecule has 6 aromatic rings. The standard InChI is InChI=1S/C46H51FN10O8/c1-23(2)38(53-45(60)62-5)42(58)55-13-7-9-32(55)40-49-19-29(51-40)25-11-12-31-27(15-25)17-34-37-28(47)16-26(18-35(37)65-44(57(31)34)36-21-48-22-64-36)30-20-50-41(52-30)33-10-8-14-56(33)43(59)39(24(3)4)54-46(61)63-6/h11-12,15-24,32-33,38-39,44H,7-10,13-14H2,1-6H3,(H,49,51)(H,50,52)(H,53,60)(H,54,61)/t32-,33-,38+,39-,44?/m1/s1. The number of fused-ring (bicyclic) bond motifs is 5. The van der Waals surface area contributed by atoms with E-state index >= 15 is 4.39 Å². The monoisotopic (exact) mass is 890 g/mol. The number of nitrogens with one attached hydrogen (secondary N) is 4. The van der Waals surface area contributed by atoms with Crippen LogP contribution >= 0.6 is 0 Å². The van der Waals surface area contributed by atoms with Crippen molar-refractivity contribution >= 4 is 34.9 Å². The molecule has 3 aliphatic rings. The van der Waals surface area contributed by atoms with Crippen molar-refractivity contribution in [2.45, 2.75) is 83.8 Å². The molecule has 5 atom stereocenters. The minimum absolute atomic E-state index is 0.160. The molecule has 9 rings (SSSR count). The first-order valence-corrected chi connectivity index (χ1v) is 21.8. The molecule has 0 radical (unpaired) electrons. The predicted octanol–water partition coefficient (Wildman–Crippen LogP) is 7.24. The van der Waals surface area contributed by atoms with Gasteiger partial charge in [0, 0.05) is 29.6 Å². The highest BCUT2D eigenvalue weighted by molar-refractivity contribution is 5.93. The van der Waals surface area contributed by atoms with Gasteiger partial charge in [-0.25, -0.2) is 28.9 Å². The van der Waals surface area contributed by atoms with Crippen molar-refractivity contribution in [3.05, 3.63) is 84.6 Å². The van der Waals surface area contributed by atoms with Crippen LogP contribution in [0.4, 0.5) is 14.0 Å². The second kappa shape index (κ2) is 17.4. The fraction of sp³-hybridized carbons (Fsp3) is 0.413. The van der Waals surface area contributed by atoms with Gasteiger partial charge in [-0.2, -0.15) is 0 Å². The van der Waals surface area contributed by atoms with E-state index in [1.54, 1.807) is 34.5 Å². The topological polar surface area (TPSA) is 215 Å². The van der Waals surface area contributed by atoms with E-state index in [-0.39, 0.29) is 47.0 Å². The van der Waals surface area contributed by atoms with Crippen LogP contribution in [0.3, 0.4) is 0 Å². The summed E-state index contributed by atoms with van der Waals surface area (Å²) in [5, 5.41) is 6.16. The van der Waals surface area contributed by atoms with Gasteiger partial charge in [0.15, 0.2) is 12.2 Å². The summed E-state index contributed by atoms with van der Waals surface area (Å²) >= 11 is 0. The lowest BCUT2D eigenvalue weighted by Crippen LogP contribution is -2.51. The fourth-order valence-electron chi connectivity index (χ4n) is 9.32. The van der Waals surface area contributed by atoms with Gasteiger partial charge in [-0.15, -0.1) is 0 Å². The first-order chi connectivity index (χ1) is 31.3. The number of ether oxygens (including phenoxy) is 3. The number of aromatic amines is 2. The van der Waals surface area contributed by atoms with Gasteiger partial charge in [0.25, 0.3) is 0 Å². The number of imidazole rings is 2. The maximum Gasteiger partial charge on any atom is 0.407 e. The summed E-state index contributed by atoms with van der Waals surface area (Å²) in [6.07, 6.45) is 6.98. The third-order valence-corrected chi connectivity index (χ3v) is 12.6. The van der Waals surface area contributed by atoms with E-state index in [0.29, 0.717) is 60.3 Å². The Hall–Kier alpha value is -7.18. The second-order valence-electron chi connectivity index (χ2n) is 17.3. The molecule has 0 spiro atoms. The highest BCUT2D eigenvalue weighted by atomic mass is 19.1. The van der Waals surface area contributed by atoms with Crippen LogP contribution < -0.4 is 15.4 Å². The molecule has 2 aromatic carbocycles. The molecule has 1 unspecified atom stereocenters. The molecule has 18 nitrogen and oxygen atoms in total. The number of methoxy groups -OCH3 is 2. The molecule has 340 valence electrons. The van der Waals surface area contributed by atoms with E-state index < -0.39 is 36.3 Å². The Balaban J connectivity index is 1.01. The summed E-state index contributed by atoms with van der Waals surface area (Å²) in [7, 11) is 2.53. The Labute approximate surface area is 373 Å². The smallest absolute Gasteiger partial charge is 0.407 e. The van der Waals surface area contributed by atoms with Crippen LogP contribution in [0.2, 0.25) is 0 Å². The molecule has 0 bridgehead atoms. The number of amides is 4. The lowest BCUT2D eigenvalue weighted by Gasteiger charge is -2.30. The molecule has 2 saturated heterocycles. The average molecular weight is 891 g/mol. The SMILES string of the molecule is COC(=O)N[C@H](C(=O)N1CCC[C@@H]1c1ncc(-c2ccc3c(c2)cc2n3C(c3cnco3)Oc3cc(-c4cnc([C@H]5CCCN5C(=O)[C@H](NC(=O)OC)C(C)C)[nH]4)cc(F)c3-2)[nH]1)C(C)C. The van der Waals surface area contributed by atoms with Gasteiger partial charge >= 0.3 is 12.2 Å². The van der Waals surface area contributed by atoms with Gasteiger partial charge in [0.05, 0.1) is 73.1 Å². The van der Waals surface area contributed by atoms with E-state index in [0.717, 1.165) is 35.0 Å². The van der Waals surface area contributed by atoms with Crippen LogP contribution in [0.1, 0.15) is 89.1 Å². The van der Waals surface area contributed by atoms with Crippen LogP contribution in [0, 0.1) is 17.7 Å². The Morgan fingerprint density at radius 2 is 1.37 bits per heavy atom. The second-order valence-corrected chi connectivity index (χ2v) is 17.3. The van der Waals surface area contributed by atoms with Gasteiger partial charge in [-0.05, 0) is 67.9 Å². The van der Waals surface area contributed by atoms with Crippen LogP contribution in [-0.4, -0.2) is 103 Å². The summed E-state index contributed by atoms with van der Waals surface area (Å²) in [6, 6.07) is 8.78. The average Bonchev–Trinajstić information content (AvgIpc) is 4.15. The first-order valence-electron chi connectivity index (χ1n) is 21.8. The Bertz CT molecular complexity index is 2760. The number of nitrogens with zero attached hydrogens (tertiary/aromatic N) is 6. The van der Waals surface area contributed by atoms with Crippen molar-refractivity contribution < 1.29 is 42.2 Å². The van der Waals surface area contributed by atoms with E-state index in [1.807, 2.05) is 56.5 Å². The number of halogens is 1. The molecular weight excluding hydrogens is 840 g/mol. The maximum atomic E-state index is 16.7. The van der Waals surface area contributed by atoms with Gasteiger partial charge in [0.2, 0.25) is 18.0 Å². The number of carbonyl (C=O) groups is 4. The lowest BCUT2D eigenvalue weighted by atomic mass is 10.0. The zero-order chi connectivity index (χ0) is 45.7. The molecule has 0 saturated carbocycles. The number of carbonyl (C=O) groups excluding carboxylic acids is 4. The summed E-state index contributed by atoms with van der Waals surface area (Å²) in [4.78, 5) is 75.4. The van der Waals surface area contributed by atoms with E-state index in [1.165, 1.54) is 26.7 Å². The van der Waals surface area contributed by atoms with Crippen molar-refractivity contribution in [2.24, 2.45) is 11.8 Å². The molecule has 7 heterocycles. The van der Waals surface area contributed by atoms with Gasteiger partial charge in [-0.1, -0.05) is 33.8 Å². The number of benzene rings is 2. The van der Waals surface area contributed by atoms with Crippen LogP contribution in [0.15, 0.2) is 65.8 Å². The minimum Gasteiger partial charge on any atom is -0.462 e. The van der Waals surface area contributed by atoms with Crippen molar-refractivity contribution in [2.75, 3.05) is 27.3 Å². The van der Waals surface area contributed by atoms with Crippen LogP contribution in [0.25, 0.3) is 44.7 Å².